The zero-order valence-electron chi connectivity index (χ0n) is 14.3. The Bertz CT molecular complexity index is 774. The third-order valence-corrected chi connectivity index (χ3v) is 5.30. The Morgan fingerprint density at radius 3 is 2.76 bits per heavy atom. The van der Waals surface area contributed by atoms with E-state index in [-0.39, 0.29) is 11.8 Å². The van der Waals surface area contributed by atoms with Gasteiger partial charge in [0.25, 0.3) is 5.91 Å². The van der Waals surface area contributed by atoms with E-state index < -0.39 is 0 Å². The van der Waals surface area contributed by atoms with Crippen molar-refractivity contribution in [2.75, 3.05) is 39.3 Å². The van der Waals surface area contributed by atoms with E-state index in [0.29, 0.717) is 38.4 Å². The van der Waals surface area contributed by atoms with Crippen LogP contribution in [0.5, 0.6) is 0 Å². The lowest BCUT2D eigenvalue weighted by atomic mass is 10.2. The fourth-order valence-electron chi connectivity index (χ4n) is 3.20. The van der Waals surface area contributed by atoms with Gasteiger partial charge in [-0.3, -0.25) is 14.5 Å². The number of nitrogens with one attached hydrogen (secondary N) is 2. The van der Waals surface area contributed by atoms with Crippen LogP contribution in [0.1, 0.15) is 23.8 Å². The highest BCUT2D eigenvalue weighted by atomic mass is 79.9. The van der Waals surface area contributed by atoms with Gasteiger partial charge in [0.1, 0.15) is 5.69 Å². The fourth-order valence-corrected chi connectivity index (χ4v) is 3.82. The molecule has 3 rings (SSSR count). The number of hydrogen-bond donors (Lipinski definition) is 2. The molecule has 1 aliphatic heterocycles. The van der Waals surface area contributed by atoms with E-state index in [4.69, 9.17) is 0 Å². The van der Waals surface area contributed by atoms with Crippen molar-refractivity contribution >= 4 is 38.6 Å². The van der Waals surface area contributed by atoms with Crippen LogP contribution in [0.15, 0.2) is 28.7 Å². The van der Waals surface area contributed by atoms with E-state index >= 15 is 0 Å². The van der Waals surface area contributed by atoms with Crippen LogP contribution in [0.4, 0.5) is 0 Å². The molecule has 2 heterocycles. The molecule has 0 radical (unpaired) electrons. The number of para-hydroxylation sites is 1. The van der Waals surface area contributed by atoms with Gasteiger partial charge in [0.15, 0.2) is 0 Å². The smallest absolute Gasteiger partial charge is 0.271 e. The summed E-state index contributed by atoms with van der Waals surface area (Å²) >= 11 is 3.56. The Kier molecular flexibility index (Phi) is 5.75. The SMILES string of the molecule is CCNC(=O)CN1CCCN(C(=O)c2[nH]c3ccccc3c2Br)CC1. The third-order valence-electron chi connectivity index (χ3n) is 4.47. The molecular formula is C18H23BrN4O2. The first-order chi connectivity index (χ1) is 12.1. The zero-order chi connectivity index (χ0) is 17.8. The molecule has 1 aromatic heterocycles. The van der Waals surface area contributed by atoms with E-state index in [1.165, 1.54) is 0 Å². The molecule has 0 saturated carbocycles. The number of fused-ring (bicyclic) bond motifs is 1. The van der Waals surface area contributed by atoms with Crippen LogP contribution in [0.25, 0.3) is 10.9 Å². The lowest BCUT2D eigenvalue weighted by Crippen LogP contribution is -2.40. The molecule has 1 aromatic carbocycles. The third kappa shape index (κ3) is 4.04. The van der Waals surface area contributed by atoms with E-state index in [0.717, 1.165) is 28.3 Å². The second-order valence-electron chi connectivity index (χ2n) is 6.23. The largest absolute Gasteiger partial charge is 0.355 e. The number of carbonyl (C=O) groups is 2. The van der Waals surface area contributed by atoms with Gasteiger partial charge in [0.05, 0.1) is 11.0 Å². The van der Waals surface area contributed by atoms with Crippen molar-refractivity contribution in [2.24, 2.45) is 0 Å². The van der Waals surface area contributed by atoms with Gasteiger partial charge in [0.2, 0.25) is 5.91 Å². The maximum absolute atomic E-state index is 12.9. The van der Waals surface area contributed by atoms with Gasteiger partial charge in [-0.25, -0.2) is 0 Å². The van der Waals surface area contributed by atoms with Crippen molar-refractivity contribution in [3.8, 4) is 0 Å². The summed E-state index contributed by atoms with van der Waals surface area (Å²) in [5.74, 6) is 0.0450. The predicted molar refractivity (Wildman–Crippen MR) is 102 cm³/mol. The Balaban J connectivity index is 1.68. The minimum absolute atomic E-state index is 0.00272. The number of hydrogen-bond acceptors (Lipinski definition) is 3. The van der Waals surface area contributed by atoms with E-state index in [2.05, 4.69) is 31.1 Å². The van der Waals surface area contributed by atoms with Crippen LogP contribution in [0, 0.1) is 0 Å². The molecule has 1 saturated heterocycles. The molecule has 0 aliphatic carbocycles. The van der Waals surface area contributed by atoms with Gasteiger partial charge in [-0.15, -0.1) is 0 Å². The Labute approximate surface area is 155 Å². The van der Waals surface area contributed by atoms with Gasteiger partial charge < -0.3 is 15.2 Å². The average molecular weight is 407 g/mol. The summed E-state index contributed by atoms with van der Waals surface area (Å²) in [5, 5.41) is 3.84. The Hall–Kier alpha value is -1.86. The monoisotopic (exact) mass is 406 g/mol. The first kappa shape index (κ1) is 17.9. The average Bonchev–Trinajstić information content (AvgIpc) is 2.78. The van der Waals surface area contributed by atoms with Gasteiger partial charge >= 0.3 is 0 Å². The molecule has 0 spiro atoms. The second-order valence-corrected chi connectivity index (χ2v) is 7.03. The van der Waals surface area contributed by atoms with Crippen LogP contribution in [0.2, 0.25) is 0 Å². The van der Waals surface area contributed by atoms with Gasteiger partial charge in [0, 0.05) is 43.6 Å². The number of aromatic nitrogens is 1. The maximum Gasteiger partial charge on any atom is 0.271 e. The van der Waals surface area contributed by atoms with E-state index in [9.17, 15) is 9.59 Å². The molecule has 0 bridgehead atoms. The number of benzene rings is 1. The number of rotatable bonds is 4. The van der Waals surface area contributed by atoms with Crippen molar-refractivity contribution in [3.05, 3.63) is 34.4 Å². The van der Waals surface area contributed by atoms with Gasteiger partial charge in [-0.05, 0) is 35.3 Å². The summed E-state index contributed by atoms with van der Waals surface area (Å²) in [6.07, 6.45) is 0.864. The number of H-pyrrole nitrogens is 1. The molecular weight excluding hydrogens is 384 g/mol. The van der Waals surface area contributed by atoms with Crippen LogP contribution >= 0.6 is 15.9 Å². The Morgan fingerprint density at radius 1 is 1.20 bits per heavy atom. The molecule has 134 valence electrons. The molecule has 2 amide bonds. The van der Waals surface area contributed by atoms with E-state index in [1.807, 2.05) is 36.1 Å². The number of aromatic amines is 1. The highest BCUT2D eigenvalue weighted by Gasteiger charge is 2.24. The maximum atomic E-state index is 12.9. The molecule has 0 unspecified atom stereocenters. The number of carbonyl (C=O) groups excluding carboxylic acids is 2. The first-order valence-corrected chi connectivity index (χ1v) is 9.44. The summed E-state index contributed by atoms with van der Waals surface area (Å²) < 4.78 is 0.816. The highest BCUT2D eigenvalue weighted by molar-refractivity contribution is 9.10. The van der Waals surface area contributed by atoms with Crippen LogP contribution < -0.4 is 5.32 Å². The quantitative estimate of drug-likeness (QED) is 0.817. The molecule has 2 N–H and O–H groups in total. The molecule has 1 fully saturated rings. The van der Waals surface area contributed by atoms with Crippen LogP contribution in [0.3, 0.4) is 0 Å². The highest BCUT2D eigenvalue weighted by Crippen LogP contribution is 2.28. The fraction of sp³-hybridized carbons (Fsp3) is 0.444. The van der Waals surface area contributed by atoms with Crippen molar-refractivity contribution in [1.29, 1.82) is 0 Å². The molecule has 1 aliphatic rings. The first-order valence-electron chi connectivity index (χ1n) is 8.64. The van der Waals surface area contributed by atoms with Gasteiger partial charge in [-0.1, -0.05) is 18.2 Å². The van der Waals surface area contributed by atoms with Crippen LogP contribution in [-0.4, -0.2) is 65.9 Å². The predicted octanol–water partition coefficient (Wildman–Crippen LogP) is 2.21. The minimum Gasteiger partial charge on any atom is -0.355 e. The Morgan fingerprint density at radius 2 is 2.00 bits per heavy atom. The van der Waals surface area contributed by atoms with Crippen molar-refractivity contribution in [3.63, 3.8) is 0 Å². The summed E-state index contributed by atoms with van der Waals surface area (Å²) in [6.45, 7) is 5.82. The number of halogens is 1. The molecule has 7 heteroatoms. The van der Waals surface area contributed by atoms with Crippen molar-refractivity contribution < 1.29 is 9.59 Å². The topological polar surface area (TPSA) is 68.4 Å². The number of nitrogens with zero attached hydrogens (tertiary/aromatic N) is 2. The number of amides is 2. The summed E-state index contributed by atoms with van der Waals surface area (Å²) in [6, 6.07) is 7.86. The lowest BCUT2D eigenvalue weighted by molar-refractivity contribution is -0.122. The van der Waals surface area contributed by atoms with Crippen molar-refractivity contribution in [1.82, 2.24) is 20.1 Å². The summed E-state index contributed by atoms with van der Waals surface area (Å²) in [4.78, 5) is 31.9. The van der Waals surface area contributed by atoms with Gasteiger partial charge in [-0.2, -0.15) is 0 Å². The number of likely N-dealkylation sites (N-methyl/N-ethyl adjacent to an activating group) is 1. The van der Waals surface area contributed by atoms with Crippen LogP contribution in [-0.2, 0) is 4.79 Å². The zero-order valence-corrected chi connectivity index (χ0v) is 15.9. The molecule has 2 aromatic rings. The lowest BCUT2D eigenvalue weighted by Gasteiger charge is -2.21. The molecule has 0 atom stereocenters. The molecule has 6 nitrogen and oxygen atoms in total. The second kappa shape index (κ2) is 8.01. The van der Waals surface area contributed by atoms with Crippen molar-refractivity contribution in [2.45, 2.75) is 13.3 Å². The minimum atomic E-state index is 0.00272. The normalized spacial score (nSPS) is 16.0. The van der Waals surface area contributed by atoms with E-state index in [1.54, 1.807) is 0 Å². The standard InChI is InChI=1S/C18H23BrN4O2/c1-2-20-15(24)12-22-8-5-9-23(11-10-22)18(25)17-16(19)13-6-3-4-7-14(13)21-17/h3-4,6-7,21H,2,5,8-12H2,1H3,(H,20,24). The molecule has 25 heavy (non-hydrogen) atoms. The summed E-state index contributed by atoms with van der Waals surface area (Å²) in [5.41, 5.74) is 1.55. The summed E-state index contributed by atoms with van der Waals surface area (Å²) in [7, 11) is 0.